The van der Waals surface area contributed by atoms with Crippen LogP contribution in [0.2, 0.25) is 0 Å². The molecule has 5 heteroatoms. The number of nitrogens with one attached hydrogen (secondary N) is 1. The summed E-state index contributed by atoms with van der Waals surface area (Å²) in [4.78, 5) is 19.2. The first-order chi connectivity index (χ1) is 12.1. The molecule has 1 aliphatic rings. The predicted molar refractivity (Wildman–Crippen MR) is 105 cm³/mol. The zero-order chi connectivity index (χ0) is 17.6. The molecule has 2 heterocycles. The molecule has 0 spiro atoms. The van der Waals surface area contributed by atoms with Crippen molar-refractivity contribution in [1.29, 1.82) is 0 Å². The minimum atomic E-state index is 0.165. The van der Waals surface area contributed by atoms with Crippen LogP contribution in [-0.2, 0) is 11.2 Å². The molecular formula is C20H29N3OS. The van der Waals surface area contributed by atoms with E-state index < -0.39 is 0 Å². The number of thiazole rings is 1. The summed E-state index contributed by atoms with van der Waals surface area (Å²) < 4.78 is 1.23. The number of benzene rings is 1. The molecule has 0 unspecified atom stereocenters. The van der Waals surface area contributed by atoms with E-state index in [0.717, 1.165) is 48.9 Å². The number of aromatic nitrogens is 1. The molecule has 0 saturated carbocycles. The van der Waals surface area contributed by atoms with Gasteiger partial charge in [-0.1, -0.05) is 19.1 Å². The van der Waals surface area contributed by atoms with Crippen LogP contribution in [0.15, 0.2) is 24.3 Å². The lowest BCUT2D eigenvalue weighted by atomic mass is 9.98. The molecule has 0 aliphatic carbocycles. The fraction of sp³-hybridized carbons (Fsp3) is 0.600. The number of carbonyl (C=O) groups excluding carboxylic acids is 1. The Morgan fingerprint density at radius 2 is 2.12 bits per heavy atom. The molecular weight excluding hydrogens is 330 g/mol. The summed E-state index contributed by atoms with van der Waals surface area (Å²) in [5.41, 5.74) is 1.07. The molecule has 1 aromatic carbocycles. The Morgan fingerprint density at radius 1 is 1.36 bits per heavy atom. The number of piperidine rings is 1. The highest BCUT2D eigenvalue weighted by Crippen LogP contribution is 2.22. The first-order valence-corrected chi connectivity index (χ1v) is 10.3. The molecule has 4 nitrogen and oxygen atoms in total. The molecule has 1 aromatic heterocycles. The Bertz CT molecular complexity index is 658. The molecule has 1 amide bonds. The summed E-state index contributed by atoms with van der Waals surface area (Å²) >= 11 is 1.74. The van der Waals surface area contributed by atoms with Crippen LogP contribution in [0.5, 0.6) is 0 Å². The molecule has 1 N–H and O–H groups in total. The third kappa shape index (κ3) is 5.25. The minimum absolute atomic E-state index is 0.165. The topological polar surface area (TPSA) is 45.2 Å². The Kier molecular flexibility index (Phi) is 6.43. The van der Waals surface area contributed by atoms with E-state index in [2.05, 4.69) is 35.1 Å². The number of nitrogens with zero attached hydrogens (tertiary/aromatic N) is 2. The number of rotatable bonds is 7. The number of hydrogen-bond acceptors (Lipinski definition) is 4. The summed E-state index contributed by atoms with van der Waals surface area (Å²) in [5, 5.41) is 4.24. The van der Waals surface area contributed by atoms with Gasteiger partial charge in [0.25, 0.3) is 0 Å². The quantitative estimate of drug-likeness (QED) is 0.816. The zero-order valence-corrected chi connectivity index (χ0v) is 16.1. The van der Waals surface area contributed by atoms with Gasteiger partial charge in [-0.3, -0.25) is 9.69 Å². The third-order valence-electron chi connectivity index (χ3n) is 5.17. The molecule has 0 bridgehead atoms. The van der Waals surface area contributed by atoms with Gasteiger partial charge < -0.3 is 5.32 Å². The zero-order valence-electron chi connectivity index (χ0n) is 15.3. The Balaban J connectivity index is 1.35. The number of fused-ring (bicyclic) bond motifs is 1. The van der Waals surface area contributed by atoms with Gasteiger partial charge in [0.2, 0.25) is 5.91 Å². The summed E-state index contributed by atoms with van der Waals surface area (Å²) in [5.74, 6) is 1.01. The summed E-state index contributed by atoms with van der Waals surface area (Å²) in [6.45, 7) is 7.63. The fourth-order valence-corrected chi connectivity index (χ4v) is 4.38. The summed E-state index contributed by atoms with van der Waals surface area (Å²) in [7, 11) is 0. The Hall–Kier alpha value is -1.46. The van der Waals surface area contributed by atoms with E-state index in [-0.39, 0.29) is 5.91 Å². The molecule has 1 aliphatic heterocycles. The lowest BCUT2D eigenvalue weighted by Gasteiger charge is -2.35. The van der Waals surface area contributed by atoms with Crippen molar-refractivity contribution in [3.05, 3.63) is 29.3 Å². The largest absolute Gasteiger partial charge is 0.355 e. The number of amides is 1. The van der Waals surface area contributed by atoms with Crippen molar-refractivity contribution in [2.75, 3.05) is 19.6 Å². The van der Waals surface area contributed by atoms with Crippen LogP contribution in [0.3, 0.4) is 0 Å². The van der Waals surface area contributed by atoms with Gasteiger partial charge in [-0.05, 0) is 63.7 Å². The number of para-hydroxylation sites is 1. The van der Waals surface area contributed by atoms with Crippen molar-refractivity contribution < 1.29 is 4.79 Å². The molecule has 2 aromatic rings. The van der Waals surface area contributed by atoms with Crippen LogP contribution in [0.4, 0.5) is 0 Å². The van der Waals surface area contributed by atoms with E-state index in [1.54, 1.807) is 11.3 Å². The summed E-state index contributed by atoms with van der Waals surface area (Å²) in [6, 6.07) is 8.64. The number of aryl methyl sites for hydroxylation is 1. The molecule has 1 fully saturated rings. The van der Waals surface area contributed by atoms with Gasteiger partial charge in [-0.15, -0.1) is 11.3 Å². The summed E-state index contributed by atoms with van der Waals surface area (Å²) in [6.07, 6.45) is 4.88. The van der Waals surface area contributed by atoms with Gasteiger partial charge >= 0.3 is 0 Å². The van der Waals surface area contributed by atoms with Gasteiger partial charge in [-0.25, -0.2) is 4.98 Å². The fourth-order valence-electron chi connectivity index (χ4n) is 3.38. The maximum atomic E-state index is 12.1. The number of likely N-dealkylation sites (tertiary alicyclic amines) is 1. The maximum absolute atomic E-state index is 12.1. The second-order valence-corrected chi connectivity index (χ2v) is 8.42. The normalized spacial score (nSPS) is 17.7. The highest BCUT2D eigenvalue weighted by Gasteiger charge is 2.20. The van der Waals surface area contributed by atoms with Gasteiger partial charge in [0.1, 0.15) is 0 Å². The molecule has 136 valence electrons. The van der Waals surface area contributed by atoms with Crippen LogP contribution in [0, 0.1) is 5.92 Å². The van der Waals surface area contributed by atoms with Crippen molar-refractivity contribution in [3.63, 3.8) is 0 Å². The van der Waals surface area contributed by atoms with E-state index >= 15 is 0 Å². The Labute approximate surface area is 154 Å². The monoisotopic (exact) mass is 359 g/mol. The van der Waals surface area contributed by atoms with Crippen molar-refractivity contribution in [3.8, 4) is 0 Å². The highest BCUT2D eigenvalue weighted by molar-refractivity contribution is 7.18. The lowest BCUT2D eigenvalue weighted by Crippen LogP contribution is -2.45. The second kappa shape index (κ2) is 8.77. The van der Waals surface area contributed by atoms with Gasteiger partial charge in [-0.2, -0.15) is 0 Å². The molecule has 0 radical (unpaired) electrons. The average molecular weight is 360 g/mol. The van der Waals surface area contributed by atoms with Gasteiger partial charge in [0.15, 0.2) is 0 Å². The maximum Gasteiger partial charge on any atom is 0.220 e. The SMILES string of the molecule is CC1CCN([C@@H](C)CNC(=O)CCCc2nc3ccccc3s2)CC1. The predicted octanol–water partition coefficient (Wildman–Crippen LogP) is 3.86. The van der Waals surface area contributed by atoms with Gasteiger partial charge in [0.05, 0.1) is 15.2 Å². The van der Waals surface area contributed by atoms with E-state index in [1.165, 1.54) is 17.5 Å². The minimum Gasteiger partial charge on any atom is -0.355 e. The highest BCUT2D eigenvalue weighted by atomic mass is 32.1. The van der Waals surface area contributed by atoms with Crippen molar-refractivity contribution >= 4 is 27.5 Å². The molecule has 1 atom stereocenters. The molecule has 25 heavy (non-hydrogen) atoms. The Morgan fingerprint density at radius 3 is 2.88 bits per heavy atom. The lowest BCUT2D eigenvalue weighted by molar-refractivity contribution is -0.121. The number of carbonyl (C=O) groups is 1. The van der Waals surface area contributed by atoms with Crippen LogP contribution < -0.4 is 5.32 Å². The second-order valence-electron chi connectivity index (χ2n) is 7.30. The van der Waals surface area contributed by atoms with Crippen LogP contribution in [-0.4, -0.2) is 41.5 Å². The molecule has 3 rings (SSSR count). The van der Waals surface area contributed by atoms with E-state index in [9.17, 15) is 4.79 Å². The third-order valence-corrected chi connectivity index (χ3v) is 6.27. The standard InChI is InChI=1S/C20H29N3OS/c1-15-10-12-23(13-11-15)16(2)14-21-19(24)8-5-9-20-22-17-6-3-4-7-18(17)25-20/h3-4,6-7,15-16H,5,8-14H2,1-2H3,(H,21,24)/t16-/m0/s1. The van der Waals surface area contributed by atoms with E-state index in [0.29, 0.717) is 12.5 Å². The van der Waals surface area contributed by atoms with Crippen molar-refractivity contribution in [1.82, 2.24) is 15.2 Å². The number of hydrogen-bond donors (Lipinski definition) is 1. The first-order valence-electron chi connectivity index (χ1n) is 9.47. The van der Waals surface area contributed by atoms with Crippen molar-refractivity contribution in [2.45, 2.75) is 52.0 Å². The van der Waals surface area contributed by atoms with E-state index in [1.807, 2.05) is 18.2 Å². The van der Waals surface area contributed by atoms with Crippen LogP contribution in [0.25, 0.3) is 10.2 Å². The van der Waals surface area contributed by atoms with Crippen molar-refractivity contribution in [2.24, 2.45) is 5.92 Å². The molecule has 1 saturated heterocycles. The average Bonchev–Trinajstić information content (AvgIpc) is 3.03. The van der Waals surface area contributed by atoms with Crippen LogP contribution >= 0.6 is 11.3 Å². The van der Waals surface area contributed by atoms with Gasteiger partial charge in [0, 0.05) is 19.0 Å². The van der Waals surface area contributed by atoms with Crippen LogP contribution in [0.1, 0.15) is 44.5 Å². The smallest absolute Gasteiger partial charge is 0.220 e. The van der Waals surface area contributed by atoms with E-state index in [4.69, 9.17) is 0 Å². The first kappa shape index (κ1) is 18.3.